The Kier molecular flexibility index (Phi) is 4.66. The first-order valence-corrected chi connectivity index (χ1v) is 4.91. The molecule has 0 saturated heterocycles. The van der Waals surface area contributed by atoms with Gasteiger partial charge in [-0.2, -0.15) is 0 Å². The quantitative estimate of drug-likeness (QED) is 0.263. The van der Waals surface area contributed by atoms with Crippen LogP contribution in [0, 0.1) is 10.1 Å². The summed E-state index contributed by atoms with van der Waals surface area (Å²) in [7, 11) is 0. The van der Waals surface area contributed by atoms with E-state index in [0.29, 0.717) is 5.56 Å². The van der Waals surface area contributed by atoms with E-state index in [1.54, 1.807) is 31.2 Å². The minimum Gasteiger partial charge on any atom is -0.457 e. The molecule has 0 aliphatic heterocycles. The van der Waals surface area contributed by atoms with Crippen LogP contribution in [0.25, 0.3) is 0 Å². The van der Waals surface area contributed by atoms with Gasteiger partial charge in [0.25, 0.3) is 5.69 Å². The largest absolute Gasteiger partial charge is 0.457 e. The summed E-state index contributed by atoms with van der Waals surface area (Å²) in [5.74, 6) is -0.582. The Balaban J connectivity index is 2.73. The maximum Gasteiger partial charge on any atom is 0.338 e. The number of nitrogens with zero attached hydrogens (tertiary/aromatic N) is 1. The van der Waals surface area contributed by atoms with E-state index in [1.165, 1.54) is 6.07 Å². The van der Waals surface area contributed by atoms with Crippen molar-refractivity contribution in [1.82, 2.24) is 0 Å². The minimum atomic E-state index is -0.582. The Morgan fingerprint density at radius 3 is 2.88 bits per heavy atom. The summed E-state index contributed by atoms with van der Waals surface area (Å²) in [5, 5.41) is 10.7. The van der Waals surface area contributed by atoms with Crippen molar-refractivity contribution in [3.8, 4) is 0 Å². The van der Waals surface area contributed by atoms with E-state index in [-0.39, 0.29) is 12.3 Å². The normalized spacial score (nSPS) is 9.00. The van der Waals surface area contributed by atoms with Crippen LogP contribution in [0.4, 0.5) is 5.69 Å². The molecule has 0 spiro atoms. The van der Waals surface area contributed by atoms with Gasteiger partial charge in [0.2, 0.25) is 0 Å². The van der Waals surface area contributed by atoms with Crippen molar-refractivity contribution < 1.29 is 14.5 Å². The summed E-state index contributed by atoms with van der Waals surface area (Å²) in [4.78, 5) is 21.3. The van der Waals surface area contributed by atoms with E-state index < -0.39 is 10.9 Å². The number of hydrogen-bond donors (Lipinski definition) is 0. The SMILES string of the molecule is CC=C=CC(=O)OCc1ccccc1[N+](=O)[O-]. The fourth-order valence-corrected chi connectivity index (χ4v) is 1.15. The van der Waals surface area contributed by atoms with Gasteiger partial charge in [-0.25, -0.2) is 4.79 Å². The van der Waals surface area contributed by atoms with Crippen LogP contribution in [0.15, 0.2) is 42.1 Å². The molecule has 0 amide bonds. The number of hydrogen-bond acceptors (Lipinski definition) is 4. The molecular formula is C12H11NO4. The molecule has 17 heavy (non-hydrogen) atoms. The average Bonchev–Trinajstić information content (AvgIpc) is 2.34. The lowest BCUT2D eigenvalue weighted by molar-refractivity contribution is -0.385. The van der Waals surface area contributed by atoms with Crippen molar-refractivity contribution in [3.63, 3.8) is 0 Å². The van der Waals surface area contributed by atoms with Crippen molar-refractivity contribution >= 4 is 11.7 Å². The van der Waals surface area contributed by atoms with Gasteiger partial charge in [-0.05, 0) is 19.1 Å². The number of ether oxygens (including phenoxy) is 1. The fourth-order valence-electron chi connectivity index (χ4n) is 1.15. The smallest absolute Gasteiger partial charge is 0.338 e. The first-order chi connectivity index (χ1) is 8.15. The first kappa shape index (κ1) is 12.7. The monoisotopic (exact) mass is 233 g/mol. The zero-order valence-electron chi connectivity index (χ0n) is 9.25. The lowest BCUT2D eigenvalue weighted by Gasteiger charge is -2.02. The zero-order chi connectivity index (χ0) is 12.7. The third-order valence-corrected chi connectivity index (χ3v) is 1.93. The number of para-hydroxylation sites is 1. The Hall–Kier alpha value is -2.39. The predicted molar refractivity (Wildman–Crippen MR) is 61.2 cm³/mol. The summed E-state index contributed by atoms with van der Waals surface area (Å²) < 4.78 is 4.84. The van der Waals surface area contributed by atoms with Gasteiger partial charge in [0.15, 0.2) is 0 Å². The second kappa shape index (κ2) is 6.25. The maximum absolute atomic E-state index is 11.1. The molecule has 0 aliphatic rings. The summed E-state index contributed by atoms with van der Waals surface area (Å²) >= 11 is 0. The van der Waals surface area contributed by atoms with Gasteiger partial charge in [0.05, 0.1) is 16.6 Å². The van der Waals surface area contributed by atoms with Gasteiger partial charge in [0, 0.05) is 6.07 Å². The number of carbonyl (C=O) groups is 1. The van der Waals surface area contributed by atoms with E-state index in [4.69, 9.17) is 4.74 Å². The Bertz CT molecular complexity index is 487. The van der Waals surface area contributed by atoms with Gasteiger partial charge < -0.3 is 4.74 Å². The molecule has 0 aliphatic carbocycles. The van der Waals surface area contributed by atoms with Crippen molar-refractivity contribution in [1.29, 1.82) is 0 Å². The van der Waals surface area contributed by atoms with Crippen LogP contribution in [-0.4, -0.2) is 10.9 Å². The molecule has 0 unspecified atom stereocenters. The molecule has 0 aromatic heterocycles. The molecule has 0 radical (unpaired) electrons. The highest BCUT2D eigenvalue weighted by atomic mass is 16.6. The van der Waals surface area contributed by atoms with Crippen LogP contribution in [0.3, 0.4) is 0 Å². The topological polar surface area (TPSA) is 69.4 Å². The van der Waals surface area contributed by atoms with Gasteiger partial charge in [-0.3, -0.25) is 10.1 Å². The highest BCUT2D eigenvalue weighted by Crippen LogP contribution is 2.18. The summed E-state index contributed by atoms with van der Waals surface area (Å²) in [6, 6.07) is 6.12. The molecule has 5 nitrogen and oxygen atoms in total. The minimum absolute atomic E-state index is 0.0599. The number of esters is 1. The van der Waals surface area contributed by atoms with Crippen LogP contribution in [0.1, 0.15) is 12.5 Å². The molecule has 1 aromatic rings. The molecule has 0 saturated carbocycles. The first-order valence-electron chi connectivity index (χ1n) is 4.91. The van der Waals surface area contributed by atoms with Crippen molar-refractivity contribution in [2.24, 2.45) is 0 Å². The van der Waals surface area contributed by atoms with Crippen LogP contribution in [0.5, 0.6) is 0 Å². The molecule has 5 heteroatoms. The Labute approximate surface area is 98.2 Å². The molecule has 88 valence electrons. The van der Waals surface area contributed by atoms with Gasteiger partial charge >= 0.3 is 5.97 Å². The van der Waals surface area contributed by atoms with E-state index >= 15 is 0 Å². The fraction of sp³-hybridized carbons (Fsp3) is 0.167. The van der Waals surface area contributed by atoms with Crippen LogP contribution in [0.2, 0.25) is 0 Å². The number of nitro benzene ring substituents is 1. The predicted octanol–water partition coefficient (Wildman–Crippen LogP) is 2.37. The zero-order valence-corrected chi connectivity index (χ0v) is 9.25. The van der Waals surface area contributed by atoms with Crippen molar-refractivity contribution in [2.45, 2.75) is 13.5 Å². The number of rotatable bonds is 4. The molecule has 0 heterocycles. The average molecular weight is 233 g/mol. The van der Waals surface area contributed by atoms with Gasteiger partial charge in [-0.1, -0.05) is 12.1 Å². The van der Waals surface area contributed by atoms with Gasteiger partial charge in [0.1, 0.15) is 6.61 Å². The highest BCUT2D eigenvalue weighted by Gasteiger charge is 2.13. The molecule has 1 rings (SSSR count). The summed E-state index contributed by atoms with van der Waals surface area (Å²) in [6.07, 6.45) is 2.70. The number of benzene rings is 1. The second-order valence-electron chi connectivity index (χ2n) is 3.09. The highest BCUT2D eigenvalue weighted by molar-refractivity contribution is 5.81. The molecule has 0 bridgehead atoms. The third-order valence-electron chi connectivity index (χ3n) is 1.93. The molecule has 0 atom stereocenters. The molecule has 0 fully saturated rings. The summed E-state index contributed by atoms with van der Waals surface area (Å²) in [6.45, 7) is 1.59. The number of carbonyl (C=O) groups excluding carboxylic acids is 1. The maximum atomic E-state index is 11.1. The lowest BCUT2D eigenvalue weighted by atomic mass is 10.2. The molecular weight excluding hydrogens is 222 g/mol. The van der Waals surface area contributed by atoms with Crippen LogP contribution in [-0.2, 0) is 16.1 Å². The van der Waals surface area contributed by atoms with Crippen LogP contribution >= 0.6 is 0 Å². The molecule has 1 aromatic carbocycles. The third kappa shape index (κ3) is 3.93. The second-order valence-corrected chi connectivity index (χ2v) is 3.09. The van der Waals surface area contributed by atoms with E-state index in [1.807, 2.05) is 0 Å². The number of nitro groups is 1. The van der Waals surface area contributed by atoms with Gasteiger partial charge in [-0.15, -0.1) is 5.73 Å². The Morgan fingerprint density at radius 1 is 1.53 bits per heavy atom. The van der Waals surface area contributed by atoms with E-state index in [9.17, 15) is 14.9 Å². The Morgan fingerprint density at radius 2 is 2.24 bits per heavy atom. The summed E-state index contributed by atoms with van der Waals surface area (Å²) in [5.41, 5.74) is 2.86. The molecule has 0 N–H and O–H groups in total. The van der Waals surface area contributed by atoms with Crippen molar-refractivity contribution in [3.05, 3.63) is 57.8 Å². The van der Waals surface area contributed by atoms with Crippen molar-refractivity contribution in [2.75, 3.05) is 0 Å². The standard InChI is InChI=1S/C12H11NO4/c1-2-3-8-12(14)17-9-10-6-4-5-7-11(10)13(15)16/h2,4-8H,9H2,1H3. The lowest BCUT2D eigenvalue weighted by Crippen LogP contribution is -2.02. The van der Waals surface area contributed by atoms with E-state index in [2.05, 4.69) is 5.73 Å². The van der Waals surface area contributed by atoms with E-state index in [0.717, 1.165) is 6.08 Å². The van der Waals surface area contributed by atoms with Crippen LogP contribution < -0.4 is 0 Å².